The molecule has 0 spiro atoms. The standard InChI is InChI=1S/C46H67N4O4/c1-31(29-49-25-16-32(17-26-49)47(7)8)34-13-22-46(41(52)53)24-23-44(5)35(40(34)46)11-12-37-43(4)20-15-38(42(2,3)36(43)14-21-45(37,44)6)54-39(51)30-50-27-18-33(19-28-50)48(9)10/h16-19,25-28,34-38,40H,1,11-15,20-24,29-30H2,2-10H3/q+1/p+1/t34-,35+,36-,37+,38-,40+,43-,44+,45+,46-/m0/s1. The van der Waals surface area contributed by atoms with Gasteiger partial charge >= 0.3 is 11.9 Å². The van der Waals surface area contributed by atoms with Crippen LogP contribution in [0.1, 0.15) is 98.8 Å². The fourth-order valence-electron chi connectivity index (χ4n) is 14.0. The van der Waals surface area contributed by atoms with Crippen LogP contribution in [0.2, 0.25) is 0 Å². The topological polar surface area (TPSA) is 77.8 Å². The summed E-state index contributed by atoms with van der Waals surface area (Å²) in [5.41, 5.74) is 2.98. The number of aliphatic carboxylic acids is 1. The number of aromatic nitrogens is 2. The van der Waals surface area contributed by atoms with Crippen molar-refractivity contribution in [1.29, 1.82) is 0 Å². The smallest absolute Gasteiger partial charge is 0.372 e. The van der Waals surface area contributed by atoms with Crippen molar-refractivity contribution < 1.29 is 28.6 Å². The lowest BCUT2D eigenvalue weighted by atomic mass is 9.32. The van der Waals surface area contributed by atoms with Crippen molar-refractivity contribution in [3.05, 3.63) is 61.2 Å². The van der Waals surface area contributed by atoms with E-state index in [2.05, 4.69) is 87.6 Å². The molecule has 294 valence electrons. The first-order chi connectivity index (χ1) is 25.4. The van der Waals surface area contributed by atoms with E-state index >= 15 is 0 Å². The first-order valence-corrected chi connectivity index (χ1v) is 20.8. The van der Waals surface area contributed by atoms with Gasteiger partial charge in [-0.3, -0.25) is 4.79 Å². The molecule has 54 heavy (non-hydrogen) atoms. The number of carbonyl (C=O) groups excluding carboxylic acids is 1. The van der Waals surface area contributed by atoms with Gasteiger partial charge in [0.05, 0.1) is 5.41 Å². The Hall–Kier alpha value is -3.42. The molecule has 5 aliphatic carbocycles. The van der Waals surface area contributed by atoms with Gasteiger partial charge in [0.15, 0.2) is 31.3 Å². The lowest BCUT2D eigenvalue weighted by Gasteiger charge is -2.72. The van der Waals surface area contributed by atoms with Gasteiger partial charge in [0.2, 0.25) is 6.54 Å². The van der Waals surface area contributed by atoms with Crippen LogP contribution in [0.4, 0.5) is 11.4 Å². The molecule has 8 heteroatoms. The van der Waals surface area contributed by atoms with E-state index in [1.54, 1.807) is 0 Å². The lowest BCUT2D eigenvalue weighted by Crippen LogP contribution is -2.67. The zero-order chi connectivity index (χ0) is 39.0. The number of ether oxygens (including phenoxy) is 1. The molecule has 5 fully saturated rings. The largest absolute Gasteiger partial charge is 0.481 e. The number of carboxylic acid groups (broad SMARTS) is 1. The summed E-state index contributed by atoms with van der Waals surface area (Å²) in [7, 11) is 8.15. The van der Waals surface area contributed by atoms with E-state index in [0.717, 1.165) is 82.1 Å². The van der Waals surface area contributed by atoms with Gasteiger partial charge < -0.3 is 19.6 Å². The molecular formula is C46H68N4O4+2. The molecule has 1 N–H and O–H groups in total. The Labute approximate surface area is 325 Å². The maximum absolute atomic E-state index is 13.4. The molecule has 5 saturated carbocycles. The molecule has 10 atom stereocenters. The van der Waals surface area contributed by atoms with E-state index in [0.29, 0.717) is 17.8 Å². The number of carboxylic acids is 1. The molecule has 0 aliphatic heterocycles. The Bertz CT molecular complexity index is 1750. The maximum Gasteiger partial charge on any atom is 0.372 e. The second kappa shape index (κ2) is 13.7. The van der Waals surface area contributed by atoms with E-state index in [4.69, 9.17) is 11.3 Å². The highest BCUT2D eigenvalue weighted by Gasteiger charge is 2.72. The number of hydrogen-bond acceptors (Lipinski definition) is 5. The average molecular weight is 741 g/mol. The van der Waals surface area contributed by atoms with Crippen LogP contribution in [-0.4, -0.2) is 51.3 Å². The van der Waals surface area contributed by atoms with Crippen molar-refractivity contribution in [1.82, 2.24) is 0 Å². The van der Waals surface area contributed by atoms with Crippen molar-refractivity contribution in [3.8, 4) is 0 Å². The van der Waals surface area contributed by atoms with E-state index in [-0.39, 0.29) is 52.1 Å². The molecule has 0 aromatic carbocycles. The molecule has 8 nitrogen and oxygen atoms in total. The third-order valence-corrected chi connectivity index (χ3v) is 17.1. The van der Waals surface area contributed by atoms with Crippen LogP contribution < -0.4 is 18.9 Å². The van der Waals surface area contributed by atoms with Crippen LogP contribution in [0.25, 0.3) is 0 Å². The van der Waals surface area contributed by atoms with Crippen molar-refractivity contribution in [3.63, 3.8) is 0 Å². The molecule has 5 aliphatic rings. The van der Waals surface area contributed by atoms with Crippen LogP contribution in [0.5, 0.6) is 0 Å². The predicted molar refractivity (Wildman–Crippen MR) is 213 cm³/mol. The van der Waals surface area contributed by atoms with Gasteiger partial charge in [-0.1, -0.05) is 41.2 Å². The van der Waals surface area contributed by atoms with Crippen molar-refractivity contribution in [2.24, 2.45) is 56.7 Å². The summed E-state index contributed by atoms with van der Waals surface area (Å²) in [6, 6.07) is 8.34. The molecule has 2 aromatic heterocycles. The van der Waals surface area contributed by atoms with Crippen LogP contribution in [0.3, 0.4) is 0 Å². The van der Waals surface area contributed by atoms with E-state index in [9.17, 15) is 14.7 Å². The second-order valence-electron chi connectivity index (χ2n) is 20.0. The zero-order valence-electron chi connectivity index (χ0n) is 34.7. The summed E-state index contributed by atoms with van der Waals surface area (Å²) in [6.45, 7) is 18.2. The first kappa shape index (κ1) is 38.8. The fraction of sp³-hybridized carbons (Fsp3) is 0.696. The summed E-state index contributed by atoms with van der Waals surface area (Å²) >= 11 is 0. The highest BCUT2D eigenvalue weighted by molar-refractivity contribution is 5.76. The van der Waals surface area contributed by atoms with Gasteiger partial charge in [0, 0.05) is 69.2 Å². The summed E-state index contributed by atoms with van der Waals surface area (Å²) in [5.74, 6) is 0.977. The molecule has 0 radical (unpaired) electrons. The molecule has 0 saturated heterocycles. The van der Waals surface area contributed by atoms with E-state index in [1.807, 2.05) is 43.2 Å². The predicted octanol–water partition coefficient (Wildman–Crippen LogP) is 7.73. The molecule has 0 bridgehead atoms. The second-order valence-corrected chi connectivity index (χ2v) is 20.0. The molecular weight excluding hydrogens is 673 g/mol. The van der Waals surface area contributed by atoms with Crippen LogP contribution in [0.15, 0.2) is 61.2 Å². The Kier molecular flexibility index (Phi) is 9.82. The Morgan fingerprint density at radius 1 is 0.741 bits per heavy atom. The van der Waals surface area contributed by atoms with Gasteiger partial charge in [0.25, 0.3) is 0 Å². The minimum absolute atomic E-state index is 0.0592. The molecule has 0 unspecified atom stereocenters. The number of pyridine rings is 2. The molecule has 2 aromatic rings. The number of esters is 1. The Morgan fingerprint density at radius 2 is 1.33 bits per heavy atom. The van der Waals surface area contributed by atoms with Gasteiger partial charge in [-0.25, -0.2) is 9.36 Å². The molecule has 7 rings (SSSR count). The number of fused-ring (bicyclic) bond motifs is 7. The monoisotopic (exact) mass is 741 g/mol. The molecule has 0 amide bonds. The van der Waals surface area contributed by atoms with Crippen LogP contribution in [-0.2, 0) is 27.4 Å². The number of rotatable bonds is 9. The van der Waals surface area contributed by atoms with Crippen molar-refractivity contribution in [2.45, 2.75) is 118 Å². The third-order valence-electron chi connectivity index (χ3n) is 17.1. The Morgan fingerprint density at radius 3 is 1.91 bits per heavy atom. The SMILES string of the molecule is C=C(C[n+]1ccc(N(C)C)cc1)[C@@H]1CC[C@]2(C(=O)O)CC[C@]3(C)[C@H](CC[C@@H]4[C@@]5(C)CC[C@H](OC(=O)C[n+]6ccc(N(C)C)cc6)C(C)(C)[C@@H]5CC[C@]43C)[C@@H]12. The minimum atomic E-state index is -0.655. The van der Waals surface area contributed by atoms with Gasteiger partial charge in [-0.2, -0.15) is 4.57 Å². The third kappa shape index (κ3) is 5.98. The quantitative estimate of drug-likeness (QED) is 0.161. The van der Waals surface area contributed by atoms with Crippen LogP contribution >= 0.6 is 0 Å². The maximum atomic E-state index is 13.4. The van der Waals surface area contributed by atoms with Crippen molar-refractivity contribution in [2.75, 3.05) is 38.0 Å². The summed E-state index contributed by atoms with van der Waals surface area (Å²) in [6.07, 6.45) is 18.0. The highest BCUT2D eigenvalue weighted by atomic mass is 16.5. The van der Waals surface area contributed by atoms with Crippen molar-refractivity contribution >= 4 is 23.3 Å². The minimum Gasteiger partial charge on any atom is -0.481 e. The zero-order valence-corrected chi connectivity index (χ0v) is 34.7. The molecule has 2 heterocycles. The average Bonchev–Trinajstić information content (AvgIpc) is 3.52. The highest BCUT2D eigenvalue weighted by Crippen LogP contribution is 2.77. The number of nitrogens with zero attached hydrogens (tertiary/aromatic N) is 4. The lowest BCUT2D eigenvalue weighted by molar-refractivity contribution is -0.689. The van der Waals surface area contributed by atoms with Gasteiger partial charge in [0.1, 0.15) is 6.10 Å². The van der Waals surface area contributed by atoms with Gasteiger partial charge in [-0.15, -0.1) is 0 Å². The van der Waals surface area contributed by atoms with E-state index in [1.165, 1.54) is 5.57 Å². The fourth-order valence-corrected chi connectivity index (χ4v) is 14.0. The van der Waals surface area contributed by atoms with Crippen LogP contribution in [0, 0.1) is 56.7 Å². The van der Waals surface area contributed by atoms with Gasteiger partial charge in [-0.05, 0) is 116 Å². The number of carbonyl (C=O) groups is 2. The Balaban J connectivity index is 1.10. The number of anilines is 2. The van der Waals surface area contributed by atoms with E-state index < -0.39 is 11.4 Å². The number of hydrogen-bond donors (Lipinski definition) is 1. The normalized spacial score (nSPS) is 37.9. The summed E-state index contributed by atoms with van der Waals surface area (Å²) < 4.78 is 10.5. The summed E-state index contributed by atoms with van der Waals surface area (Å²) in [4.78, 5) is 31.0. The number of allylic oxidation sites excluding steroid dienone is 1. The summed E-state index contributed by atoms with van der Waals surface area (Å²) in [5, 5.41) is 11.0. The first-order valence-electron chi connectivity index (χ1n) is 20.8.